The molecule has 0 bridgehead atoms. The number of amidine groups is 1. The van der Waals surface area contributed by atoms with Gasteiger partial charge in [-0.3, -0.25) is 0 Å². The number of aliphatic imine (C=N–C) groups is 1. The maximum Gasteiger partial charge on any atom is 0.127 e. The Kier molecular flexibility index (Phi) is 4.85. The van der Waals surface area contributed by atoms with Crippen molar-refractivity contribution in [2.24, 2.45) is 4.99 Å². The van der Waals surface area contributed by atoms with Gasteiger partial charge in [0.25, 0.3) is 0 Å². The van der Waals surface area contributed by atoms with Crippen molar-refractivity contribution in [3.05, 3.63) is 35.8 Å². The molecule has 0 aliphatic carbocycles. The van der Waals surface area contributed by atoms with Crippen LogP contribution in [0.25, 0.3) is 0 Å². The maximum atomic E-state index is 5.75. The average molecular weight is 343 g/mol. The summed E-state index contributed by atoms with van der Waals surface area (Å²) in [5.74, 6) is 3.02. The largest absolute Gasteiger partial charge is 0.384 e. The second-order valence-corrected chi connectivity index (χ2v) is 6.58. The molecule has 4 rings (SSSR count). The third kappa shape index (κ3) is 3.77. The first-order valence-corrected chi connectivity index (χ1v) is 8.96. The highest BCUT2D eigenvalue weighted by molar-refractivity contribution is 5.85. The Morgan fingerprint density at radius 2 is 1.64 bits per heavy atom. The molecule has 134 valence electrons. The number of allylic oxidation sites excluding steroid dienone is 1. The van der Waals surface area contributed by atoms with Gasteiger partial charge in [0, 0.05) is 44.7 Å². The van der Waals surface area contributed by atoms with Crippen LogP contribution in [-0.2, 0) is 9.47 Å². The molecule has 1 aromatic heterocycles. The van der Waals surface area contributed by atoms with Crippen LogP contribution in [0.4, 0.5) is 5.82 Å². The first-order valence-electron chi connectivity index (χ1n) is 8.96. The van der Waals surface area contributed by atoms with Crippen molar-refractivity contribution in [3.63, 3.8) is 0 Å². The Balaban J connectivity index is 1.61. The van der Waals surface area contributed by atoms with Crippen LogP contribution in [0.2, 0.25) is 0 Å². The highest BCUT2D eigenvalue weighted by atomic mass is 16.5. The average Bonchev–Trinajstić information content (AvgIpc) is 2.69. The van der Waals surface area contributed by atoms with E-state index in [9.17, 15) is 0 Å². The van der Waals surface area contributed by atoms with E-state index < -0.39 is 0 Å². The molecule has 3 aliphatic heterocycles. The van der Waals surface area contributed by atoms with Gasteiger partial charge in [-0.05, 0) is 17.7 Å². The summed E-state index contributed by atoms with van der Waals surface area (Å²) in [4.78, 5) is 13.9. The van der Waals surface area contributed by atoms with Crippen LogP contribution in [0, 0.1) is 0 Å². The van der Waals surface area contributed by atoms with Crippen molar-refractivity contribution in [2.45, 2.75) is 12.3 Å². The molecule has 0 spiro atoms. The van der Waals surface area contributed by atoms with Crippen LogP contribution in [0.3, 0.4) is 0 Å². The molecule has 2 saturated heterocycles. The van der Waals surface area contributed by atoms with Crippen LogP contribution >= 0.6 is 0 Å². The molecule has 0 amide bonds. The number of morpholine rings is 2. The number of ether oxygens (including phenoxy) is 2. The molecule has 0 saturated carbocycles. The van der Waals surface area contributed by atoms with Gasteiger partial charge in [-0.25, -0.2) is 9.98 Å². The predicted molar refractivity (Wildman–Crippen MR) is 96.3 cm³/mol. The second-order valence-electron chi connectivity index (χ2n) is 6.58. The molecule has 2 N–H and O–H groups in total. The van der Waals surface area contributed by atoms with Crippen molar-refractivity contribution < 1.29 is 9.47 Å². The van der Waals surface area contributed by atoms with Gasteiger partial charge < -0.3 is 25.0 Å². The van der Waals surface area contributed by atoms with Crippen LogP contribution < -0.4 is 5.73 Å². The monoisotopic (exact) mass is 343 g/mol. The summed E-state index contributed by atoms with van der Waals surface area (Å²) in [6.45, 7) is 6.63. The zero-order valence-electron chi connectivity index (χ0n) is 14.4. The SMILES string of the molecule is Nc1ccc(C2C=C(N3CCOCC3)N=C(N3CCOCC3)C2)cn1. The number of rotatable bonds is 2. The molecule has 4 heterocycles. The minimum Gasteiger partial charge on any atom is -0.384 e. The van der Waals surface area contributed by atoms with Gasteiger partial charge >= 0.3 is 0 Å². The lowest BCUT2D eigenvalue weighted by Gasteiger charge is -2.36. The van der Waals surface area contributed by atoms with E-state index in [0.717, 1.165) is 70.7 Å². The van der Waals surface area contributed by atoms with Gasteiger partial charge in [-0.15, -0.1) is 0 Å². The molecular weight excluding hydrogens is 318 g/mol. The summed E-state index contributed by atoms with van der Waals surface area (Å²) >= 11 is 0. The number of anilines is 1. The summed E-state index contributed by atoms with van der Waals surface area (Å²) in [7, 11) is 0. The van der Waals surface area contributed by atoms with Crippen molar-refractivity contribution >= 4 is 11.7 Å². The lowest BCUT2D eigenvalue weighted by atomic mass is 9.93. The van der Waals surface area contributed by atoms with Crippen LogP contribution in [-0.4, -0.2) is 73.2 Å². The second kappa shape index (κ2) is 7.41. The zero-order valence-corrected chi connectivity index (χ0v) is 14.4. The molecule has 2 fully saturated rings. The van der Waals surface area contributed by atoms with Crippen molar-refractivity contribution in [2.75, 3.05) is 58.3 Å². The van der Waals surface area contributed by atoms with Crippen LogP contribution in [0.1, 0.15) is 17.9 Å². The minimum atomic E-state index is 0.265. The number of nitrogen functional groups attached to an aromatic ring is 1. The molecule has 7 nitrogen and oxygen atoms in total. The molecule has 1 aromatic rings. The van der Waals surface area contributed by atoms with Gasteiger partial charge in [-0.2, -0.15) is 0 Å². The quantitative estimate of drug-likeness (QED) is 0.865. The molecule has 25 heavy (non-hydrogen) atoms. The Labute approximate surface area is 148 Å². The highest BCUT2D eigenvalue weighted by Gasteiger charge is 2.26. The Morgan fingerprint density at radius 1 is 0.960 bits per heavy atom. The molecule has 1 atom stereocenters. The number of pyridine rings is 1. The van der Waals surface area contributed by atoms with E-state index in [0.29, 0.717) is 5.82 Å². The molecule has 0 aromatic carbocycles. The third-order valence-electron chi connectivity index (χ3n) is 4.94. The molecular formula is C18H25N5O2. The summed E-state index contributed by atoms with van der Waals surface area (Å²) in [5.41, 5.74) is 6.93. The zero-order chi connectivity index (χ0) is 17.1. The van der Waals surface area contributed by atoms with Gasteiger partial charge in [0.1, 0.15) is 17.5 Å². The van der Waals surface area contributed by atoms with E-state index in [1.165, 1.54) is 5.56 Å². The fraction of sp³-hybridized carbons (Fsp3) is 0.556. The Bertz CT molecular complexity index is 646. The van der Waals surface area contributed by atoms with Crippen molar-refractivity contribution in [1.82, 2.24) is 14.8 Å². The minimum absolute atomic E-state index is 0.265. The van der Waals surface area contributed by atoms with Crippen molar-refractivity contribution in [3.8, 4) is 0 Å². The lowest BCUT2D eigenvalue weighted by molar-refractivity contribution is 0.0518. The van der Waals surface area contributed by atoms with Gasteiger partial charge in [-0.1, -0.05) is 6.07 Å². The number of aromatic nitrogens is 1. The van der Waals surface area contributed by atoms with Crippen LogP contribution in [0.15, 0.2) is 35.2 Å². The van der Waals surface area contributed by atoms with E-state index in [-0.39, 0.29) is 5.92 Å². The lowest BCUT2D eigenvalue weighted by Crippen LogP contribution is -2.43. The van der Waals surface area contributed by atoms with E-state index >= 15 is 0 Å². The topological polar surface area (TPSA) is 76.2 Å². The molecule has 7 heteroatoms. The van der Waals surface area contributed by atoms with E-state index in [1.807, 2.05) is 12.3 Å². The first kappa shape index (κ1) is 16.4. The Hall–Kier alpha value is -2.12. The molecule has 3 aliphatic rings. The molecule has 0 radical (unpaired) electrons. The predicted octanol–water partition coefficient (Wildman–Crippen LogP) is 1.06. The fourth-order valence-corrected chi connectivity index (χ4v) is 3.49. The number of hydrogen-bond acceptors (Lipinski definition) is 7. The maximum absolute atomic E-state index is 5.75. The third-order valence-corrected chi connectivity index (χ3v) is 4.94. The van der Waals surface area contributed by atoms with Gasteiger partial charge in [0.05, 0.1) is 26.4 Å². The summed E-state index contributed by atoms with van der Waals surface area (Å²) < 4.78 is 11.0. The van der Waals surface area contributed by atoms with Crippen molar-refractivity contribution in [1.29, 1.82) is 0 Å². The number of nitrogens with two attached hydrogens (primary N) is 1. The smallest absolute Gasteiger partial charge is 0.127 e. The van der Waals surface area contributed by atoms with Gasteiger partial charge in [0.2, 0.25) is 0 Å². The van der Waals surface area contributed by atoms with E-state index in [4.69, 9.17) is 20.2 Å². The summed E-state index contributed by atoms with van der Waals surface area (Å²) in [6.07, 6.45) is 5.04. The number of nitrogens with zero attached hydrogens (tertiary/aromatic N) is 4. The normalized spacial score (nSPS) is 24.7. The number of hydrogen-bond donors (Lipinski definition) is 1. The van der Waals surface area contributed by atoms with E-state index in [1.54, 1.807) is 0 Å². The summed E-state index contributed by atoms with van der Waals surface area (Å²) in [6, 6.07) is 3.94. The Morgan fingerprint density at radius 3 is 2.28 bits per heavy atom. The van der Waals surface area contributed by atoms with Gasteiger partial charge in [0.15, 0.2) is 0 Å². The summed E-state index contributed by atoms with van der Waals surface area (Å²) in [5, 5.41) is 0. The first-order chi connectivity index (χ1) is 12.3. The highest BCUT2D eigenvalue weighted by Crippen LogP contribution is 2.30. The standard InChI is InChI=1S/C18H25N5O2/c19-16-2-1-14(13-20-16)15-11-17(22-3-7-24-8-4-22)21-18(12-15)23-5-9-25-10-6-23/h1-2,11,13,15H,3-10,12H2,(H2,19,20). The van der Waals surface area contributed by atoms with E-state index in [2.05, 4.69) is 26.9 Å². The molecule has 1 unspecified atom stereocenters. The fourth-order valence-electron chi connectivity index (χ4n) is 3.49. The van der Waals surface area contributed by atoms with Crippen LogP contribution in [0.5, 0.6) is 0 Å².